The van der Waals surface area contributed by atoms with Crippen LogP contribution >= 0.6 is 0 Å². The van der Waals surface area contributed by atoms with Crippen molar-refractivity contribution in [3.63, 3.8) is 0 Å². The molecule has 4 heteroatoms. The third-order valence-electron chi connectivity index (χ3n) is 5.23. The van der Waals surface area contributed by atoms with Crippen LogP contribution in [0, 0.1) is 13.8 Å². The summed E-state index contributed by atoms with van der Waals surface area (Å²) in [6.07, 6.45) is 3.43. The van der Waals surface area contributed by atoms with Crippen LogP contribution in [-0.4, -0.2) is 44.5 Å². The molecule has 0 saturated heterocycles. The van der Waals surface area contributed by atoms with Crippen molar-refractivity contribution in [2.24, 2.45) is 0 Å². The third-order valence-corrected chi connectivity index (χ3v) is 5.23. The SMILES string of the molecule is CCOc1ccccc1C(=O)C=Cc1cc(-c2cc(C)cc(C)c2)ccc1OCCN(C)C. The van der Waals surface area contributed by atoms with Gasteiger partial charge in [-0.3, -0.25) is 4.79 Å². The first-order chi connectivity index (χ1) is 15.9. The van der Waals surface area contributed by atoms with Gasteiger partial charge in [0.25, 0.3) is 0 Å². The number of likely N-dealkylation sites (N-methyl/N-ethyl adjacent to an activating group) is 1. The van der Waals surface area contributed by atoms with Gasteiger partial charge in [-0.05, 0) is 82.4 Å². The predicted molar refractivity (Wildman–Crippen MR) is 136 cm³/mol. The van der Waals surface area contributed by atoms with E-state index in [2.05, 4.69) is 49.1 Å². The van der Waals surface area contributed by atoms with Gasteiger partial charge in [0.1, 0.15) is 18.1 Å². The highest BCUT2D eigenvalue weighted by Gasteiger charge is 2.11. The third kappa shape index (κ3) is 6.80. The number of allylic oxidation sites excluding steroid dienone is 1. The molecule has 0 amide bonds. The smallest absolute Gasteiger partial charge is 0.189 e. The number of carbonyl (C=O) groups is 1. The lowest BCUT2D eigenvalue weighted by molar-refractivity contribution is 0.104. The molecule has 0 aliphatic carbocycles. The second-order valence-electron chi connectivity index (χ2n) is 8.41. The molecule has 0 aromatic heterocycles. The lowest BCUT2D eigenvalue weighted by Gasteiger charge is -2.14. The van der Waals surface area contributed by atoms with Gasteiger partial charge in [0, 0.05) is 12.1 Å². The summed E-state index contributed by atoms with van der Waals surface area (Å²) in [5, 5.41) is 0. The van der Waals surface area contributed by atoms with Crippen molar-refractivity contribution in [1.29, 1.82) is 0 Å². The Labute approximate surface area is 197 Å². The van der Waals surface area contributed by atoms with E-state index in [0.29, 0.717) is 24.5 Å². The molecule has 0 atom stereocenters. The van der Waals surface area contributed by atoms with Crippen LogP contribution in [0.15, 0.2) is 66.7 Å². The van der Waals surface area contributed by atoms with Gasteiger partial charge in [-0.2, -0.15) is 0 Å². The Hall–Kier alpha value is -3.37. The van der Waals surface area contributed by atoms with E-state index in [9.17, 15) is 4.79 Å². The van der Waals surface area contributed by atoms with Gasteiger partial charge in [0.15, 0.2) is 5.78 Å². The van der Waals surface area contributed by atoms with Gasteiger partial charge >= 0.3 is 0 Å². The standard InChI is InChI=1S/C29H33NO3/c1-6-32-29-10-8-7-9-26(29)27(31)13-11-24-20-23(25-18-21(2)17-22(3)19-25)12-14-28(24)33-16-15-30(4)5/h7-14,17-20H,6,15-16H2,1-5H3. The highest BCUT2D eigenvalue weighted by molar-refractivity contribution is 6.08. The van der Waals surface area contributed by atoms with Crippen molar-refractivity contribution >= 4 is 11.9 Å². The normalized spacial score (nSPS) is 11.2. The molecule has 0 heterocycles. The second kappa shape index (κ2) is 11.5. The van der Waals surface area contributed by atoms with Gasteiger partial charge in [-0.25, -0.2) is 0 Å². The number of ether oxygens (including phenoxy) is 2. The molecule has 0 radical (unpaired) electrons. The van der Waals surface area contributed by atoms with Crippen molar-refractivity contribution < 1.29 is 14.3 Å². The Balaban J connectivity index is 1.95. The maximum Gasteiger partial charge on any atom is 0.189 e. The molecule has 0 aliphatic heterocycles. The summed E-state index contributed by atoms with van der Waals surface area (Å²) in [6, 6.07) is 20.0. The average molecular weight is 444 g/mol. The fraction of sp³-hybridized carbons (Fsp3) is 0.276. The monoisotopic (exact) mass is 443 g/mol. The lowest BCUT2D eigenvalue weighted by Crippen LogP contribution is -2.19. The Morgan fingerprint density at radius 1 is 0.879 bits per heavy atom. The maximum absolute atomic E-state index is 13.0. The first-order valence-electron chi connectivity index (χ1n) is 11.3. The molecular weight excluding hydrogens is 410 g/mol. The van der Waals surface area contributed by atoms with Crippen LogP contribution < -0.4 is 9.47 Å². The van der Waals surface area contributed by atoms with E-state index < -0.39 is 0 Å². The molecule has 4 nitrogen and oxygen atoms in total. The summed E-state index contributed by atoms with van der Waals surface area (Å²) < 4.78 is 11.7. The van der Waals surface area contributed by atoms with Crippen LogP contribution in [0.1, 0.15) is 34.0 Å². The van der Waals surface area contributed by atoms with Crippen LogP contribution in [-0.2, 0) is 0 Å². The minimum absolute atomic E-state index is 0.102. The van der Waals surface area contributed by atoms with Crippen molar-refractivity contribution in [2.75, 3.05) is 33.9 Å². The molecule has 3 aromatic rings. The van der Waals surface area contributed by atoms with Crippen LogP contribution in [0.2, 0.25) is 0 Å². The van der Waals surface area contributed by atoms with E-state index >= 15 is 0 Å². The number of hydrogen-bond acceptors (Lipinski definition) is 4. The molecule has 3 rings (SSSR count). The number of para-hydroxylation sites is 1. The van der Waals surface area contributed by atoms with E-state index in [1.807, 2.05) is 51.4 Å². The Kier molecular flexibility index (Phi) is 8.45. The van der Waals surface area contributed by atoms with Crippen molar-refractivity contribution in [2.45, 2.75) is 20.8 Å². The molecule has 33 heavy (non-hydrogen) atoms. The zero-order chi connectivity index (χ0) is 23.8. The molecule has 0 unspecified atom stereocenters. The number of carbonyl (C=O) groups excluding carboxylic acids is 1. The molecule has 0 spiro atoms. The largest absolute Gasteiger partial charge is 0.493 e. The summed E-state index contributed by atoms with van der Waals surface area (Å²) in [7, 11) is 4.03. The molecular formula is C29H33NO3. The molecule has 3 aromatic carbocycles. The minimum Gasteiger partial charge on any atom is -0.493 e. The van der Waals surface area contributed by atoms with E-state index in [1.165, 1.54) is 11.1 Å². The zero-order valence-electron chi connectivity index (χ0n) is 20.2. The topological polar surface area (TPSA) is 38.8 Å². The van der Waals surface area contributed by atoms with E-state index in [4.69, 9.17) is 9.47 Å². The fourth-order valence-electron chi connectivity index (χ4n) is 3.68. The maximum atomic E-state index is 13.0. The van der Waals surface area contributed by atoms with Crippen molar-refractivity contribution in [3.8, 4) is 22.6 Å². The Morgan fingerprint density at radius 2 is 1.61 bits per heavy atom. The summed E-state index contributed by atoms with van der Waals surface area (Å²) in [5.74, 6) is 1.25. The molecule has 0 aliphatic rings. The number of benzene rings is 3. The Morgan fingerprint density at radius 3 is 2.30 bits per heavy atom. The summed E-state index contributed by atoms with van der Waals surface area (Å²) in [4.78, 5) is 15.0. The first kappa shape index (κ1) is 24.3. The van der Waals surface area contributed by atoms with Crippen molar-refractivity contribution in [3.05, 3.63) is 89.0 Å². The van der Waals surface area contributed by atoms with Gasteiger partial charge in [0.05, 0.1) is 12.2 Å². The number of aryl methyl sites for hydroxylation is 2. The van der Waals surface area contributed by atoms with E-state index in [-0.39, 0.29) is 5.78 Å². The highest BCUT2D eigenvalue weighted by Crippen LogP contribution is 2.29. The first-order valence-corrected chi connectivity index (χ1v) is 11.3. The second-order valence-corrected chi connectivity index (χ2v) is 8.41. The van der Waals surface area contributed by atoms with Crippen molar-refractivity contribution in [1.82, 2.24) is 4.90 Å². The number of hydrogen-bond donors (Lipinski definition) is 0. The van der Waals surface area contributed by atoms with Crippen LogP contribution in [0.25, 0.3) is 17.2 Å². The summed E-state index contributed by atoms with van der Waals surface area (Å²) in [5.41, 5.74) is 6.09. The van der Waals surface area contributed by atoms with Gasteiger partial charge < -0.3 is 14.4 Å². The number of ketones is 1. The van der Waals surface area contributed by atoms with Gasteiger partial charge in [0.2, 0.25) is 0 Å². The molecule has 0 N–H and O–H groups in total. The van der Waals surface area contributed by atoms with Gasteiger partial charge in [-0.15, -0.1) is 0 Å². The summed E-state index contributed by atoms with van der Waals surface area (Å²) in [6.45, 7) is 8.00. The van der Waals surface area contributed by atoms with Gasteiger partial charge in [-0.1, -0.05) is 47.5 Å². The number of rotatable bonds is 10. The molecule has 0 saturated carbocycles. The summed E-state index contributed by atoms with van der Waals surface area (Å²) >= 11 is 0. The molecule has 172 valence electrons. The van der Waals surface area contributed by atoms with E-state index in [1.54, 1.807) is 12.1 Å². The minimum atomic E-state index is -0.102. The predicted octanol–water partition coefficient (Wildman–Crippen LogP) is 6.21. The lowest BCUT2D eigenvalue weighted by atomic mass is 9.98. The van der Waals surface area contributed by atoms with Crippen LogP contribution in [0.3, 0.4) is 0 Å². The quantitative estimate of drug-likeness (QED) is 0.276. The molecule has 0 fully saturated rings. The number of nitrogens with zero attached hydrogens (tertiary/aromatic N) is 1. The van der Waals surface area contributed by atoms with E-state index in [0.717, 1.165) is 29.0 Å². The zero-order valence-corrected chi connectivity index (χ0v) is 20.2. The fourth-order valence-corrected chi connectivity index (χ4v) is 3.68. The highest BCUT2D eigenvalue weighted by atomic mass is 16.5. The average Bonchev–Trinajstić information content (AvgIpc) is 2.77. The van der Waals surface area contributed by atoms with Crippen LogP contribution in [0.5, 0.6) is 11.5 Å². The molecule has 0 bridgehead atoms. The van der Waals surface area contributed by atoms with Crippen LogP contribution in [0.4, 0.5) is 0 Å². The Bertz CT molecular complexity index is 1110.